The van der Waals surface area contributed by atoms with Gasteiger partial charge in [-0.1, -0.05) is 6.92 Å². The van der Waals surface area contributed by atoms with Crippen LogP contribution in [0.5, 0.6) is 0 Å². The van der Waals surface area contributed by atoms with Gasteiger partial charge >= 0.3 is 0 Å². The van der Waals surface area contributed by atoms with Crippen LogP contribution in [0.1, 0.15) is 40.3 Å². The molecule has 0 aliphatic rings. The van der Waals surface area contributed by atoms with Crippen LogP contribution in [0.15, 0.2) is 30.0 Å². The third-order valence-corrected chi connectivity index (χ3v) is 3.62. The number of aromatic nitrogens is 2. The fraction of sp³-hybridized carbons (Fsp3) is 0.308. The second kappa shape index (κ2) is 5.73. The summed E-state index contributed by atoms with van der Waals surface area (Å²) in [6.07, 6.45) is 5.90. The summed E-state index contributed by atoms with van der Waals surface area (Å²) in [6.45, 7) is 3.91. The molecule has 94 valence electrons. The number of hydrogen-bond acceptors (Lipinski definition) is 4. The molecular weight excluding hydrogens is 246 g/mol. The van der Waals surface area contributed by atoms with Crippen molar-refractivity contribution in [1.82, 2.24) is 15.3 Å². The van der Waals surface area contributed by atoms with E-state index in [0.29, 0.717) is 5.56 Å². The van der Waals surface area contributed by atoms with Gasteiger partial charge in [-0.3, -0.25) is 9.78 Å². The van der Waals surface area contributed by atoms with Gasteiger partial charge < -0.3 is 5.32 Å². The molecule has 2 aromatic rings. The Morgan fingerprint density at radius 3 is 2.94 bits per heavy atom. The molecule has 1 amide bonds. The van der Waals surface area contributed by atoms with Crippen LogP contribution < -0.4 is 5.32 Å². The van der Waals surface area contributed by atoms with E-state index < -0.39 is 0 Å². The normalized spacial score (nSPS) is 12.1. The van der Waals surface area contributed by atoms with Gasteiger partial charge in [0.15, 0.2) is 0 Å². The van der Waals surface area contributed by atoms with Crippen molar-refractivity contribution in [2.24, 2.45) is 0 Å². The van der Waals surface area contributed by atoms with Gasteiger partial charge in [-0.15, -0.1) is 11.3 Å². The molecule has 5 heteroatoms. The number of carbonyl (C=O) groups is 1. The Labute approximate surface area is 110 Å². The number of nitrogens with zero attached hydrogens (tertiary/aromatic N) is 2. The van der Waals surface area contributed by atoms with Crippen LogP contribution in [0.4, 0.5) is 0 Å². The minimum absolute atomic E-state index is 0.0231. The van der Waals surface area contributed by atoms with E-state index in [1.54, 1.807) is 36.0 Å². The SMILES string of the molecule is CC[C@H](NC(=O)c1ccncc1C)c1nccs1. The molecule has 0 saturated heterocycles. The Balaban J connectivity index is 2.14. The highest BCUT2D eigenvalue weighted by Crippen LogP contribution is 2.19. The second-order valence-electron chi connectivity index (χ2n) is 4.00. The maximum Gasteiger partial charge on any atom is 0.252 e. The maximum absolute atomic E-state index is 12.2. The summed E-state index contributed by atoms with van der Waals surface area (Å²) in [4.78, 5) is 20.4. The topological polar surface area (TPSA) is 54.9 Å². The fourth-order valence-corrected chi connectivity index (χ4v) is 2.48. The van der Waals surface area contributed by atoms with Gasteiger partial charge in [-0.2, -0.15) is 0 Å². The molecule has 0 aliphatic heterocycles. The summed E-state index contributed by atoms with van der Waals surface area (Å²) < 4.78 is 0. The molecule has 2 rings (SSSR count). The lowest BCUT2D eigenvalue weighted by Gasteiger charge is -2.15. The van der Waals surface area contributed by atoms with Crippen LogP contribution in [0.25, 0.3) is 0 Å². The molecule has 2 heterocycles. The lowest BCUT2D eigenvalue weighted by atomic mass is 10.1. The van der Waals surface area contributed by atoms with Crippen LogP contribution in [-0.4, -0.2) is 15.9 Å². The van der Waals surface area contributed by atoms with Gasteiger partial charge in [0.05, 0.1) is 6.04 Å². The molecule has 0 saturated carbocycles. The average Bonchev–Trinajstić information content (AvgIpc) is 2.90. The van der Waals surface area contributed by atoms with Gasteiger partial charge in [0, 0.05) is 29.5 Å². The summed E-state index contributed by atoms with van der Waals surface area (Å²) in [5, 5.41) is 5.87. The highest BCUT2D eigenvalue weighted by Gasteiger charge is 2.17. The summed E-state index contributed by atoms with van der Waals surface area (Å²) in [5.74, 6) is -0.0723. The first-order valence-corrected chi connectivity index (χ1v) is 6.71. The highest BCUT2D eigenvalue weighted by molar-refractivity contribution is 7.09. The zero-order valence-electron chi connectivity index (χ0n) is 10.4. The smallest absolute Gasteiger partial charge is 0.252 e. The van der Waals surface area contributed by atoms with Crippen molar-refractivity contribution in [1.29, 1.82) is 0 Å². The first kappa shape index (κ1) is 12.7. The van der Waals surface area contributed by atoms with Gasteiger partial charge in [0.25, 0.3) is 5.91 Å². The number of nitrogens with one attached hydrogen (secondary N) is 1. The zero-order valence-corrected chi connectivity index (χ0v) is 11.2. The Bertz CT molecular complexity index is 525. The Morgan fingerprint density at radius 2 is 2.33 bits per heavy atom. The number of rotatable bonds is 4. The van der Waals surface area contributed by atoms with Crippen molar-refractivity contribution in [3.63, 3.8) is 0 Å². The first-order chi connectivity index (χ1) is 8.72. The Morgan fingerprint density at radius 1 is 1.50 bits per heavy atom. The average molecular weight is 261 g/mol. The van der Waals surface area contributed by atoms with Crippen LogP contribution in [0, 0.1) is 6.92 Å². The third kappa shape index (κ3) is 2.73. The maximum atomic E-state index is 12.2. The Hall–Kier alpha value is -1.75. The molecule has 2 aromatic heterocycles. The molecule has 0 aromatic carbocycles. The Kier molecular flexibility index (Phi) is 4.04. The third-order valence-electron chi connectivity index (χ3n) is 2.73. The molecular formula is C13H15N3OS. The summed E-state index contributed by atoms with van der Waals surface area (Å²) in [5.41, 5.74) is 1.55. The summed E-state index contributed by atoms with van der Waals surface area (Å²) >= 11 is 1.56. The number of thiazole rings is 1. The monoisotopic (exact) mass is 261 g/mol. The first-order valence-electron chi connectivity index (χ1n) is 5.83. The van der Waals surface area contributed by atoms with Crippen LogP contribution in [0.3, 0.4) is 0 Å². The summed E-state index contributed by atoms with van der Waals surface area (Å²) in [6, 6.07) is 1.71. The van der Waals surface area contributed by atoms with Crippen molar-refractivity contribution in [2.45, 2.75) is 26.3 Å². The van der Waals surface area contributed by atoms with E-state index in [-0.39, 0.29) is 11.9 Å². The summed E-state index contributed by atoms with van der Waals surface area (Å²) in [7, 11) is 0. The van der Waals surface area contributed by atoms with E-state index in [1.165, 1.54) is 0 Å². The zero-order chi connectivity index (χ0) is 13.0. The van der Waals surface area contributed by atoms with E-state index in [0.717, 1.165) is 17.0 Å². The molecule has 0 bridgehead atoms. The minimum atomic E-state index is -0.0723. The van der Waals surface area contributed by atoms with E-state index in [2.05, 4.69) is 15.3 Å². The fourth-order valence-electron chi connectivity index (χ4n) is 1.71. The van der Waals surface area contributed by atoms with E-state index in [9.17, 15) is 4.79 Å². The number of pyridine rings is 1. The van der Waals surface area contributed by atoms with E-state index >= 15 is 0 Å². The van der Waals surface area contributed by atoms with Crippen molar-refractivity contribution >= 4 is 17.2 Å². The predicted molar refractivity (Wildman–Crippen MR) is 71.6 cm³/mol. The molecule has 0 fully saturated rings. The molecule has 18 heavy (non-hydrogen) atoms. The lowest BCUT2D eigenvalue weighted by molar-refractivity contribution is 0.0935. The minimum Gasteiger partial charge on any atom is -0.343 e. The number of aryl methyl sites for hydroxylation is 1. The van der Waals surface area contributed by atoms with Crippen molar-refractivity contribution < 1.29 is 4.79 Å². The largest absolute Gasteiger partial charge is 0.343 e. The molecule has 1 atom stereocenters. The van der Waals surface area contributed by atoms with Gasteiger partial charge in [0.2, 0.25) is 0 Å². The molecule has 0 unspecified atom stereocenters. The van der Waals surface area contributed by atoms with Crippen LogP contribution in [0.2, 0.25) is 0 Å². The molecule has 1 N–H and O–H groups in total. The molecule has 0 radical (unpaired) electrons. The molecule has 0 aliphatic carbocycles. The second-order valence-corrected chi connectivity index (χ2v) is 4.92. The number of hydrogen-bond donors (Lipinski definition) is 1. The highest BCUT2D eigenvalue weighted by atomic mass is 32.1. The number of amides is 1. The van der Waals surface area contributed by atoms with Crippen molar-refractivity contribution in [3.05, 3.63) is 46.2 Å². The van der Waals surface area contributed by atoms with E-state index in [1.807, 2.05) is 19.2 Å². The molecule has 4 nitrogen and oxygen atoms in total. The predicted octanol–water partition coefficient (Wildman–Crippen LogP) is 2.73. The van der Waals surface area contributed by atoms with Crippen LogP contribution in [-0.2, 0) is 0 Å². The standard InChI is InChI=1S/C13H15N3OS/c1-3-11(13-15-6-7-18-13)16-12(17)10-4-5-14-8-9(10)2/h4-8,11H,3H2,1-2H3,(H,16,17)/t11-/m0/s1. The van der Waals surface area contributed by atoms with Gasteiger partial charge in [-0.05, 0) is 25.0 Å². The van der Waals surface area contributed by atoms with Crippen molar-refractivity contribution in [3.8, 4) is 0 Å². The van der Waals surface area contributed by atoms with Crippen molar-refractivity contribution in [2.75, 3.05) is 0 Å². The molecule has 0 spiro atoms. The quantitative estimate of drug-likeness (QED) is 0.920. The number of carbonyl (C=O) groups excluding carboxylic acids is 1. The van der Waals surface area contributed by atoms with E-state index in [4.69, 9.17) is 0 Å². The van der Waals surface area contributed by atoms with Gasteiger partial charge in [0.1, 0.15) is 5.01 Å². The lowest BCUT2D eigenvalue weighted by Crippen LogP contribution is -2.28. The van der Waals surface area contributed by atoms with Crippen LogP contribution >= 0.6 is 11.3 Å². The van der Waals surface area contributed by atoms with Gasteiger partial charge in [-0.25, -0.2) is 4.98 Å².